The van der Waals surface area contributed by atoms with Crippen LogP contribution in [0.2, 0.25) is 0 Å². The average molecular weight is 308 g/mol. The molecule has 0 bridgehead atoms. The van der Waals surface area contributed by atoms with Crippen molar-refractivity contribution in [3.05, 3.63) is 0 Å². The molecular weight excluding hydrogens is 274 g/mol. The zero-order valence-electron chi connectivity index (χ0n) is 16.2. The van der Waals surface area contributed by atoms with Gasteiger partial charge >= 0.3 is 14.1 Å². The van der Waals surface area contributed by atoms with Crippen LogP contribution in [0.5, 0.6) is 0 Å². The van der Waals surface area contributed by atoms with Crippen molar-refractivity contribution < 1.29 is 9.31 Å². The lowest BCUT2D eigenvalue weighted by atomic mass is 9.71. The Morgan fingerprint density at radius 3 is 0.955 bits per heavy atom. The summed E-state index contributed by atoms with van der Waals surface area (Å²) in [5.74, 6) is 6.52. The van der Waals surface area contributed by atoms with Crippen LogP contribution in [0, 0.1) is 11.6 Å². The first kappa shape index (κ1) is 21.5. The average Bonchev–Trinajstić information content (AvgIpc) is 2.39. The predicted octanol–water partition coefficient (Wildman–Crippen LogP) is 2.58. The van der Waals surface area contributed by atoms with Crippen molar-refractivity contribution in [2.75, 3.05) is 14.2 Å². The third-order valence-electron chi connectivity index (χ3n) is 3.70. The first-order chi connectivity index (χ1) is 10.2. The highest BCUT2D eigenvalue weighted by Gasteiger charge is 2.31. The largest absolute Gasteiger partial charge is 0.472 e. The topological polar surface area (TPSA) is 24.9 Å². The van der Waals surface area contributed by atoms with Gasteiger partial charge < -0.3 is 18.9 Å². The second-order valence-electron chi connectivity index (χ2n) is 6.73. The van der Waals surface area contributed by atoms with E-state index in [1.54, 1.807) is 14.2 Å². The SMILES string of the molecule is COB(C#CB(OC)N(C(C)C)C(C)C)N(C(C)C)C(C)C. The summed E-state index contributed by atoms with van der Waals surface area (Å²) in [6.07, 6.45) is 0. The molecule has 0 radical (unpaired) electrons. The Bertz CT molecular complexity index is 317. The zero-order valence-corrected chi connectivity index (χ0v) is 16.2. The van der Waals surface area contributed by atoms with E-state index < -0.39 is 0 Å². The summed E-state index contributed by atoms with van der Waals surface area (Å²) in [7, 11) is 2.97. The highest BCUT2D eigenvalue weighted by Crippen LogP contribution is 2.10. The second-order valence-corrected chi connectivity index (χ2v) is 6.73. The van der Waals surface area contributed by atoms with Gasteiger partial charge in [0, 0.05) is 14.2 Å². The molecule has 6 heteroatoms. The Kier molecular flexibility index (Phi) is 10.1. The van der Waals surface area contributed by atoms with E-state index in [2.05, 4.69) is 76.7 Å². The van der Waals surface area contributed by atoms with Crippen LogP contribution in [0.1, 0.15) is 55.4 Å². The van der Waals surface area contributed by atoms with E-state index in [0.717, 1.165) is 0 Å². The quantitative estimate of drug-likeness (QED) is 0.508. The minimum absolute atomic E-state index is 0.223. The van der Waals surface area contributed by atoms with Crippen molar-refractivity contribution in [3.63, 3.8) is 0 Å². The number of nitrogens with zero attached hydrogens (tertiary/aromatic N) is 2. The molecule has 0 aromatic heterocycles. The summed E-state index contributed by atoms with van der Waals surface area (Å²) in [5.41, 5.74) is 0. The number of hydrogen-bond acceptors (Lipinski definition) is 4. The van der Waals surface area contributed by atoms with Crippen molar-refractivity contribution >= 4 is 14.1 Å². The van der Waals surface area contributed by atoms with Gasteiger partial charge in [-0.3, -0.25) is 0 Å². The van der Waals surface area contributed by atoms with Gasteiger partial charge in [-0.25, -0.2) is 0 Å². The third-order valence-corrected chi connectivity index (χ3v) is 3.70. The fraction of sp³-hybridized carbons (Fsp3) is 0.875. The Labute approximate surface area is 139 Å². The van der Waals surface area contributed by atoms with Gasteiger partial charge in [-0.2, -0.15) is 0 Å². The molecule has 0 rings (SSSR count). The van der Waals surface area contributed by atoms with Gasteiger partial charge in [0.05, 0.1) is 0 Å². The lowest BCUT2D eigenvalue weighted by Crippen LogP contribution is -2.51. The molecule has 0 atom stereocenters. The molecule has 0 saturated heterocycles. The molecule has 0 aromatic carbocycles. The van der Waals surface area contributed by atoms with Crippen molar-refractivity contribution in [1.82, 2.24) is 9.62 Å². The molecule has 0 saturated carbocycles. The van der Waals surface area contributed by atoms with Crippen LogP contribution < -0.4 is 0 Å². The molecule has 4 nitrogen and oxygen atoms in total. The van der Waals surface area contributed by atoms with Gasteiger partial charge in [0.2, 0.25) is 0 Å². The van der Waals surface area contributed by atoms with Crippen LogP contribution in [-0.4, -0.2) is 62.1 Å². The van der Waals surface area contributed by atoms with Crippen LogP contribution in [0.4, 0.5) is 0 Å². The maximum atomic E-state index is 5.61. The summed E-state index contributed by atoms with van der Waals surface area (Å²) in [4.78, 5) is 4.52. The van der Waals surface area contributed by atoms with Crippen LogP contribution in [0.3, 0.4) is 0 Å². The lowest BCUT2D eigenvalue weighted by molar-refractivity contribution is 0.246. The zero-order chi connectivity index (χ0) is 17.4. The summed E-state index contributed by atoms with van der Waals surface area (Å²) in [5, 5.41) is 0. The number of hydrogen-bond donors (Lipinski definition) is 0. The van der Waals surface area contributed by atoms with Gasteiger partial charge in [0.1, 0.15) is 0 Å². The fourth-order valence-electron chi connectivity index (χ4n) is 2.93. The highest BCUT2D eigenvalue weighted by molar-refractivity contribution is 6.64. The van der Waals surface area contributed by atoms with Crippen LogP contribution >= 0.6 is 0 Å². The predicted molar refractivity (Wildman–Crippen MR) is 97.5 cm³/mol. The summed E-state index contributed by atoms with van der Waals surface area (Å²) in [6.45, 7) is 17.3. The summed E-state index contributed by atoms with van der Waals surface area (Å²) >= 11 is 0. The minimum Gasteiger partial charge on any atom is -0.414 e. The Hall–Kier alpha value is -0.470. The molecule has 22 heavy (non-hydrogen) atoms. The molecule has 0 spiro atoms. The second kappa shape index (κ2) is 10.3. The molecule has 0 fully saturated rings. The van der Waals surface area contributed by atoms with E-state index in [1.807, 2.05) is 0 Å². The Balaban J connectivity index is 5.33. The molecule has 0 aromatic rings. The molecular formula is C16H34B2N2O2. The molecule has 0 amide bonds. The number of rotatable bonds is 8. The highest BCUT2D eigenvalue weighted by atomic mass is 16.4. The van der Waals surface area contributed by atoms with Gasteiger partial charge in [-0.1, -0.05) is 55.4 Å². The fourth-order valence-corrected chi connectivity index (χ4v) is 2.93. The minimum atomic E-state index is -0.223. The molecule has 0 aliphatic heterocycles. The van der Waals surface area contributed by atoms with Crippen molar-refractivity contribution in [2.45, 2.75) is 79.6 Å². The first-order valence-corrected chi connectivity index (χ1v) is 8.28. The van der Waals surface area contributed by atoms with Gasteiger partial charge in [0.25, 0.3) is 0 Å². The maximum Gasteiger partial charge on any atom is 0.472 e. The van der Waals surface area contributed by atoms with Crippen molar-refractivity contribution in [1.29, 1.82) is 0 Å². The molecule has 126 valence electrons. The van der Waals surface area contributed by atoms with E-state index in [0.29, 0.717) is 24.2 Å². The van der Waals surface area contributed by atoms with Gasteiger partial charge in [0.15, 0.2) is 0 Å². The van der Waals surface area contributed by atoms with E-state index in [1.165, 1.54) is 0 Å². The lowest BCUT2D eigenvalue weighted by Gasteiger charge is -2.33. The monoisotopic (exact) mass is 308 g/mol. The van der Waals surface area contributed by atoms with Crippen LogP contribution in [0.15, 0.2) is 0 Å². The van der Waals surface area contributed by atoms with E-state index >= 15 is 0 Å². The molecule has 0 heterocycles. The van der Waals surface area contributed by atoms with E-state index in [4.69, 9.17) is 9.31 Å². The summed E-state index contributed by atoms with van der Waals surface area (Å²) < 4.78 is 11.2. The summed E-state index contributed by atoms with van der Waals surface area (Å²) in [6, 6.07) is 1.47. The third kappa shape index (κ3) is 6.34. The maximum absolute atomic E-state index is 5.61. The van der Waals surface area contributed by atoms with E-state index in [-0.39, 0.29) is 14.1 Å². The molecule has 0 aliphatic rings. The molecule has 0 N–H and O–H groups in total. The standard InChI is InChI=1S/C16H34B2N2O2/c1-13(2)19(14(3)4)17(21-9)11-12-18(22-10)20(15(5)6)16(7)8/h13-16H,1-10H3. The van der Waals surface area contributed by atoms with Crippen molar-refractivity contribution in [2.24, 2.45) is 0 Å². The van der Waals surface area contributed by atoms with Crippen molar-refractivity contribution in [3.8, 4) is 11.6 Å². The first-order valence-electron chi connectivity index (χ1n) is 8.28. The normalized spacial score (nSPS) is 11.8. The molecule has 0 aliphatic carbocycles. The smallest absolute Gasteiger partial charge is 0.414 e. The van der Waals surface area contributed by atoms with Crippen LogP contribution in [0.25, 0.3) is 0 Å². The van der Waals surface area contributed by atoms with Crippen LogP contribution in [-0.2, 0) is 9.31 Å². The van der Waals surface area contributed by atoms with E-state index in [9.17, 15) is 0 Å². The Morgan fingerprint density at radius 2 is 0.818 bits per heavy atom. The van der Waals surface area contributed by atoms with Gasteiger partial charge in [-0.15, -0.1) is 11.6 Å². The molecule has 0 unspecified atom stereocenters. The van der Waals surface area contributed by atoms with Gasteiger partial charge in [-0.05, 0) is 24.2 Å². The Morgan fingerprint density at radius 1 is 0.591 bits per heavy atom.